The molecule has 0 aliphatic heterocycles. The highest BCUT2D eigenvalue weighted by Crippen LogP contribution is 2.16. The van der Waals surface area contributed by atoms with Gasteiger partial charge in [0.1, 0.15) is 0 Å². The highest BCUT2D eigenvalue weighted by atomic mass is 35.7. The number of hydrogen-bond acceptors (Lipinski definition) is 3. The van der Waals surface area contributed by atoms with Crippen LogP contribution in [0, 0.1) is 12.3 Å². The first-order chi connectivity index (χ1) is 8.88. The molecule has 0 heterocycles. The molecule has 0 aromatic heterocycles. The molecule has 1 rings (SSSR count). The van der Waals surface area contributed by atoms with E-state index in [2.05, 4.69) is 11.2 Å². The van der Waals surface area contributed by atoms with Gasteiger partial charge in [-0.1, -0.05) is 25.3 Å². The molecule has 0 aliphatic carbocycles. The number of amides is 1. The lowest BCUT2D eigenvalue weighted by Gasteiger charge is -2.12. The van der Waals surface area contributed by atoms with Crippen molar-refractivity contribution in [3.8, 4) is 12.3 Å². The van der Waals surface area contributed by atoms with Gasteiger partial charge in [0.2, 0.25) is 0 Å². The molecule has 19 heavy (non-hydrogen) atoms. The second-order valence-corrected chi connectivity index (χ2v) is 6.51. The van der Waals surface area contributed by atoms with Crippen molar-refractivity contribution in [3.05, 3.63) is 29.8 Å². The van der Waals surface area contributed by atoms with Gasteiger partial charge in [0.25, 0.3) is 15.0 Å². The second kappa shape index (κ2) is 6.60. The van der Waals surface area contributed by atoms with E-state index in [0.29, 0.717) is 6.42 Å². The average Bonchev–Trinajstić information content (AvgIpc) is 2.37. The van der Waals surface area contributed by atoms with Gasteiger partial charge < -0.3 is 5.32 Å². The summed E-state index contributed by atoms with van der Waals surface area (Å²) < 4.78 is 22.4. The van der Waals surface area contributed by atoms with Gasteiger partial charge >= 0.3 is 0 Å². The number of benzene rings is 1. The topological polar surface area (TPSA) is 63.2 Å². The predicted molar refractivity (Wildman–Crippen MR) is 74.5 cm³/mol. The van der Waals surface area contributed by atoms with Crippen molar-refractivity contribution in [1.82, 2.24) is 5.32 Å². The van der Waals surface area contributed by atoms with Crippen molar-refractivity contribution in [2.45, 2.75) is 30.7 Å². The third-order valence-electron chi connectivity index (χ3n) is 2.46. The van der Waals surface area contributed by atoms with Crippen LogP contribution in [0.3, 0.4) is 0 Å². The monoisotopic (exact) mass is 299 g/mol. The van der Waals surface area contributed by atoms with Gasteiger partial charge in [-0.25, -0.2) is 8.42 Å². The Kier molecular flexibility index (Phi) is 5.40. The summed E-state index contributed by atoms with van der Waals surface area (Å²) in [5.74, 6) is 2.05. The van der Waals surface area contributed by atoms with Crippen LogP contribution in [0.25, 0.3) is 0 Å². The molecule has 1 aromatic carbocycles. The fourth-order valence-electron chi connectivity index (χ4n) is 1.52. The Morgan fingerprint density at radius 1 is 1.53 bits per heavy atom. The summed E-state index contributed by atoms with van der Waals surface area (Å²) in [4.78, 5) is 11.8. The molecule has 1 atom stereocenters. The van der Waals surface area contributed by atoms with Gasteiger partial charge in [-0.05, 0) is 24.6 Å². The van der Waals surface area contributed by atoms with E-state index in [0.717, 1.165) is 6.42 Å². The first-order valence-corrected chi connectivity index (χ1v) is 8.01. The number of terminal acetylenes is 1. The molecule has 0 saturated heterocycles. The summed E-state index contributed by atoms with van der Waals surface area (Å²) in [6, 6.07) is 5.13. The minimum absolute atomic E-state index is 0.116. The molecular formula is C13H14ClNO3S. The molecule has 0 radical (unpaired) electrons. The van der Waals surface area contributed by atoms with Crippen LogP contribution >= 0.6 is 10.7 Å². The summed E-state index contributed by atoms with van der Waals surface area (Å²) in [7, 11) is 1.37. The van der Waals surface area contributed by atoms with Crippen molar-refractivity contribution in [2.24, 2.45) is 0 Å². The Balaban J connectivity index is 2.92. The smallest absolute Gasteiger partial charge is 0.261 e. The van der Waals surface area contributed by atoms with Crippen molar-refractivity contribution >= 4 is 25.6 Å². The second-order valence-electron chi connectivity index (χ2n) is 3.95. The summed E-state index contributed by atoms with van der Waals surface area (Å²) >= 11 is 0. The number of nitrogens with one attached hydrogen (secondary N) is 1. The Labute approximate surface area is 117 Å². The molecule has 0 aliphatic rings. The van der Waals surface area contributed by atoms with Gasteiger partial charge in [0.05, 0.1) is 10.9 Å². The maximum Gasteiger partial charge on any atom is 0.261 e. The summed E-state index contributed by atoms with van der Waals surface area (Å²) in [6.45, 7) is 1.96. The van der Waals surface area contributed by atoms with Gasteiger partial charge in [-0.3, -0.25) is 4.79 Å². The lowest BCUT2D eigenvalue weighted by atomic mass is 10.1. The van der Waals surface area contributed by atoms with E-state index in [4.69, 9.17) is 17.1 Å². The SMILES string of the molecule is C#CC(CCC)NC(=O)c1cccc(S(=O)(=O)Cl)c1. The van der Waals surface area contributed by atoms with E-state index in [9.17, 15) is 13.2 Å². The zero-order valence-corrected chi connectivity index (χ0v) is 12.0. The number of carbonyl (C=O) groups excluding carboxylic acids is 1. The van der Waals surface area contributed by atoms with Crippen LogP contribution in [0.4, 0.5) is 0 Å². The van der Waals surface area contributed by atoms with Gasteiger partial charge in [-0.15, -0.1) is 6.42 Å². The highest BCUT2D eigenvalue weighted by molar-refractivity contribution is 8.13. The molecule has 1 N–H and O–H groups in total. The minimum Gasteiger partial charge on any atom is -0.338 e. The summed E-state index contributed by atoms with van der Waals surface area (Å²) in [6.07, 6.45) is 6.80. The maximum absolute atomic E-state index is 11.9. The first kappa shape index (κ1) is 15.5. The van der Waals surface area contributed by atoms with Gasteiger partial charge in [0, 0.05) is 16.2 Å². The standard InChI is InChI=1S/C13H14ClNO3S/c1-3-6-11(4-2)15-13(16)10-7-5-8-12(9-10)19(14,17)18/h2,5,7-9,11H,3,6H2,1H3,(H,15,16). The van der Waals surface area contributed by atoms with Crippen LogP contribution in [0.1, 0.15) is 30.1 Å². The molecular weight excluding hydrogens is 286 g/mol. The van der Waals surface area contributed by atoms with Crippen LogP contribution in [-0.2, 0) is 9.05 Å². The number of rotatable bonds is 5. The third-order valence-corrected chi connectivity index (χ3v) is 3.81. The van der Waals surface area contributed by atoms with Crippen molar-refractivity contribution in [3.63, 3.8) is 0 Å². The van der Waals surface area contributed by atoms with Crippen LogP contribution in [0.2, 0.25) is 0 Å². The fraction of sp³-hybridized carbons (Fsp3) is 0.308. The molecule has 0 bridgehead atoms. The molecule has 102 valence electrons. The Morgan fingerprint density at radius 3 is 2.74 bits per heavy atom. The van der Waals surface area contributed by atoms with Crippen LogP contribution in [0.5, 0.6) is 0 Å². The zero-order chi connectivity index (χ0) is 14.5. The zero-order valence-electron chi connectivity index (χ0n) is 10.4. The summed E-state index contributed by atoms with van der Waals surface area (Å²) in [5.41, 5.74) is 0.207. The minimum atomic E-state index is -3.85. The normalized spacial score (nSPS) is 12.5. The molecule has 0 saturated carbocycles. The Hall–Kier alpha value is -1.51. The Bertz CT molecular complexity index is 605. The van der Waals surface area contributed by atoms with E-state index in [1.54, 1.807) is 0 Å². The van der Waals surface area contributed by atoms with E-state index in [1.165, 1.54) is 24.3 Å². The first-order valence-electron chi connectivity index (χ1n) is 5.70. The van der Waals surface area contributed by atoms with E-state index in [1.807, 2.05) is 6.92 Å². The molecule has 4 nitrogen and oxygen atoms in total. The molecule has 1 unspecified atom stereocenters. The Morgan fingerprint density at radius 2 is 2.21 bits per heavy atom. The van der Waals surface area contributed by atoms with E-state index < -0.39 is 15.0 Å². The number of hydrogen-bond donors (Lipinski definition) is 1. The molecule has 0 spiro atoms. The van der Waals surface area contributed by atoms with E-state index >= 15 is 0 Å². The van der Waals surface area contributed by atoms with Crippen LogP contribution in [-0.4, -0.2) is 20.4 Å². The van der Waals surface area contributed by atoms with E-state index in [-0.39, 0.29) is 16.5 Å². The fourth-order valence-corrected chi connectivity index (χ4v) is 2.31. The van der Waals surface area contributed by atoms with Crippen molar-refractivity contribution in [2.75, 3.05) is 0 Å². The number of carbonyl (C=O) groups is 1. The van der Waals surface area contributed by atoms with Crippen molar-refractivity contribution in [1.29, 1.82) is 0 Å². The largest absolute Gasteiger partial charge is 0.338 e. The quantitative estimate of drug-likeness (QED) is 0.669. The van der Waals surface area contributed by atoms with Crippen LogP contribution in [0.15, 0.2) is 29.2 Å². The van der Waals surface area contributed by atoms with Gasteiger partial charge in [0.15, 0.2) is 0 Å². The molecule has 6 heteroatoms. The molecule has 1 amide bonds. The number of halogens is 1. The summed E-state index contributed by atoms with van der Waals surface area (Å²) in [5, 5.41) is 2.65. The van der Waals surface area contributed by atoms with Gasteiger partial charge in [-0.2, -0.15) is 0 Å². The lowest BCUT2D eigenvalue weighted by Crippen LogP contribution is -2.33. The molecule has 0 fully saturated rings. The third kappa shape index (κ3) is 4.58. The van der Waals surface area contributed by atoms with Crippen LogP contribution < -0.4 is 5.32 Å². The maximum atomic E-state index is 11.9. The van der Waals surface area contributed by atoms with Crippen molar-refractivity contribution < 1.29 is 13.2 Å². The predicted octanol–water partition coefficient (Wildman–Crippen LogP) is 2.15. The highest BCUT2D eigenvalue weighted by Gasteiger charge is 2.15. The molecule has 1 aromatic rings. The lowest BCUT2D eigenvalue weighted by molar-refractivity contribution is 0.0944. The average molecular weight is 300 g/mol.